The number of aromatic nitrogens is 3. The molecule has 1 aliphatic carbocycles. The van der Waals surface area contributed by atoms with E-state index in [1.807, 2.05) is 12.1 Å². The Labute approximate surface area is 167 Å². The lowest BCUT2D eigenvalue weighted by molar-refractivity contribution is 0.102. The second kappa shape index (κ2) is 8.31. The maximum atomic E-state index is 12.5. The van der Waals surface area contributed by atoms with Crippen LogP contribution in [0.5, 0.6) is 0 Å². The molecule has 0 atom stereocenters. The Morgan fingerprint density at radius 1 is 1.15 bits per heavy atom. The summed E-state index contributed by atoms with van der Waals surface area (Å²) >= 11 is 7.33. The van der Waals surface area contributed by atoms with Crippen LogP contribution in [0.4, 0.5) is 0 Å². The van der Waals surface area contributed by atoms with E-state index in [2.05, 4.69) is 14.8 Å². The van der Waals surface area contributed by atoms with Gasteiger partial charge >= 0.3 is 0 Å². The lowest BCUT2D eigenvalue weighted by atomic mass is 9.95. The predicted molar refractivity (Wildman–Crippen MR) is 106 cm³/mol. The maximum absolute atomic E-state index is 12.5. The van der Waals surface area contributed by atoms with Crippen LogP contribution in [0, 0.1) is 0 Å². The molecule has 0 bridgehead atoms. The van der Waals surface area contributed by atoms with E-state index in [-0.39, 0.29) is 5.78 Å². The monoisotopic (exact) mass is 401 g/mol. The van der Waals surface area contributed by atoms with Crippen LogP contribution in [0.3, 0.4) is 0 Å². The first-order valence-electron chi connectivity index (χ1n) is 9.13. The van der Waals surface area contributed by atoms with Gasteiger partial charge in [-0.05, 0) is 49.2 Å². The molecule has 5 nitrogen and oxygen atoms in total. The summed E-state index contributed by atoms with van der Waals surface area (Å²) in [6.07, 6.45) is 7.52. The zero-order valence-electron chi connectivity index (χ0n) is 14.8. The van der Waals surface area contributed by atoms with Crippen LogP contribution in [-0.4, -0.2) is 26.3 Å². The van der Waals surface area contributed by atoms with Gasteiger partial charge in [-0.25, -0.2) is 0 Å². The lowest BCUT2D eigenvalue weighted by Crippen LogP contribution is -2.15. The van der Waals surface area contributed by atoms with Crippen LogP contribution in [-0.2, 0) is 0 Å². The number of Topliss-reactive ketones (excluding diaryl/α,β-unsaturated/α-hetero) is 1. The summed E-state index contributed by atoms with van der Waals surface area (Å²) in [5, 5.41) is 10.1. The molecule has 2 heterocycles. The number of thioether (sulfide) groups is 1. The fourth-order valence-electron chi connectivity index (χ4n) is 3.47. The SMILES string of the molecule is O=C(CSc1nnc(-c2ccco2)n1C1CCCCC1)c1ccc(Cl)cc1. The topological polar surface area (TPSA) is 60.9 Å². The third-order valence-electron chi connectivity index (χ3n) is 4.84. The van der Waals surface area contributed by atoms with Crippen molar-refractivity contribution in [2.45, 2.75) is 43.3 Å². The Balaban J connectivity index is 1.56. The maximum Gasteiger partial charge on any atom is 0.200 e. The van der Waals surface area contributed by atoms with Gasteiger partial charge in [-0.15, -0.1) is 10.2 Å². The zero-order chi connectivity index (χ0) is 18.6. The number of furan rings is 1. The standard InChI is InChI=1S/C20H20ClN3O2S/c21-15-10-8-14(9-11-15)17(25)13-27-20-23-22-19(18-7-4-12-26-18)24(20)16-5-2-1-3-6-16/h4,7-12,16H,1-3,5-6,13H2. The van der Waals surface area contributed by atoms with Crippen molar-refractivity contribution in [1.82, 2.24) is 14.8 Å². The van der Waals surface area contributed by atoms with Crippen LogP contribution in [0.15, 0.2) is 52.2 Å². The fourth-order valence-corrected chi connectivity index (χ4v) is 4.49. The molecule has 1 saturated carbocycles. The van der Waals surface area contributed by atoms with Gasteiger partial charge in [0.2, 0.25) is 5.82 Å². The van der Waals surface area contributed by atoms with Crippen LogP contribution < -0.4 is 0 Å². The Hall–Kier alpha value is -2.05. The van der Waals surface area contributed by atoms with E-state index < -0.39 is 0 Å². The highest BCUT2D eigenvalue weighted by Crippen LogP contribution is 2.35. The second-order valence-corrected chi connectivity index (χ2v) is 8.04. The highest BCUT2D eigenvalue weighted by atomic mass is 35.5. The van der Waals surface area contributed by atoms with Gasteiger partial charge in [0, 0.05) is 16.6 Å². The number of benzene rings is 1. The Morgan fingerprint density at radius 2 is 1.93 bits per heavy atom. The predicted octanol–water partition coefficient (Wildman–Crippen LogP) is 5.67. The Morgan fingerprint density at radius 3 is 2.63 bits per heavy atom. The number of carbonyl (C=O) groups excluding carboxylic acids is 1. The first-order valence-corrected chi connectivity index (χ1v) is 10.5. The summed E-state index contributed by atoms with van der Waals surface area (Å²) in [6, 6.07) is 11.1. The number of hydrogen-bond acceptors (Lipinski definition) is 5. The van der Waals surface area contributed by atoms with Crippen LogP contribution in [0.2, 0.25) is 5.02 Å². The van der Waals surface area contributed by atoms with Crippen LogP contribution >= 0.6 is 23.4 Å². The van der Waals surface area contributed by atoms with E-state index in [1.54, 1.807) is 30.5 Å². The molecule has 0 aliphatic heterocycles. The van der Waals surface area contributed by atoms with Crippen molar-refractivity contribution < 1.29 is 9.21 Å². The van der Waals surface area contributed by atoms with Crippen molar-refractivity contribution in [2.24, 2.45) is 0 Å². The molecule has 27 heavy (non-hydrogen) atoms. The molecule has 140 valence electrons. The van der Waals surface area contributed by atoms with E-state index in [1.165, 1.54) is 31.0 Å². The van der Waals surface area contributed by atoms with Crippen molar-refractivity contribution in [3.05, 3.63) is 53.2 Å². The lowest BCUT2D eigenvalue weighted by Gasteiger charge is -2.25. The largest absolute Gasteiger partial charge is 0.461 e. The number of rotatable bonds is 6. The molecule has 1 fully saturated rings. The van der Waals surface area contributed by atoms with Crippen molar-refractivity contribution in [3.8, 4) is 11.6 Å². The molecule has 0 unspecified atom stereocenters. The van der Waals surface area contributed by atoms with Crippen molar-refractivity contribution in [3.63, 3.8) is 0 Å². The van der Waals surface area contributed by atoms with E-state index in [0.717, 1.165) is 23.8 Å². The minimum absolute atomic E-state index is 0.0504. The van der Waals surface area contributed by atoms with Crippen LogP contribution in [0.25, 0.3) is 11.6 Å². The molecule has 0 amide bonds. The van der Waals surface area contributed by atoms with E-state index in [4.69, 9.17) is 16.0 Å². The quantitative estimate of drug-likeness (QED) is 0.393. The third-order valence-corrected chi connectivity index (χ3v) is 6.04. The molecule has 2 aromatic heterocycles. The van der Waals surface area contributed by atoms with E-state index >= 15 is 0 Å². The first kappa shape index (κ1) is 18.3. The number of carbonyl (C=O) groups is 1. The van der Waals surface area contributed by atoms with Gasteiger partial charge in [0.05, 0.1) is 12.0 Å². The van der Waals surface area contributed by atoms with E-state index in [9.17, 15) is 4.79 Å². The average Bonchev–Trinajstić information content (AvgIpc) is 3.37. The highest BCUT2D eigenvalue weighted by Gasteiger charge is 2.25. The summed E-state index contributed by atoms with van der Waals surface area (Å²) < 4.78 is 7.72. The summed E-state index contributed by atoms with van der Waals surface area (Å²) in [5.74, 6) is 1.82. The Bertz CT molecular complexity index is 900. The Kier molecular flexibility index (Phi) is 5.64. The summed E-state index contributed by atoms with van der Waals surface area (Å²) in [4.78, 5) is 12.5. The minimum Gasteiger partial charge on any atom is -0.461 e. The molecule has 0 saturated heterocycles. The molecule has 0 spiro atoms. The molecule has 1 aliphatic rings. The smallest absolute Gasteiger partial charge is 0.200 e. The van der Waals surface area contributed by atoms with Gasteiger partial charge in [0.25, 0.3) is 0 Å². The molecule has 1 aromatic carbocycles. The molecule has 7 heteroatoms. The van der Waals surface area contributed by atoms with E-state index in [0.29, 0.717) is 28.1 Å². The third kappa shape index (κ3) is 4.12. The molecule has 3 aromatic rings. The van der Waals surface area contributed by atoms with Gasteiger partial charge < -0.3 is 4.42 Å². The zero-order valence-corrected chi connectivity index (χ0v) is 16.4. The number of ketones is 1. The second-order valence-electron chi connectivity index (χ2n) is 6.66. The molecule has 0 N–H and O–H groups in total. The van der Waals surface area contributed by atoms with Crippen molar-refractivity contribution in [1.29, 1.82) is 0 Å². The van der Waals surface area contributed by atoms with Crippen LogP contribution in [0.1, 0.15) is 48.5 Å². The van der Waals surface area contributed by atoms with Gasteiger partial charge in [0.15, 0.2) is 16.7 Å². The number of halogens is 1. The number of nitrogens with zero attached hydrogens (tertiary/aromatic N) is 3. The number of hydrogen-bond donors (Lipinski definition) is 0. The fraction of sp³-hybridized carbons (Fsp3) is 0.350. The molecule has 4 rings (SSSR count). The summed E-state index contributed by atoms with van der Waals surface area (Å²) in [5.41, 5.74) is 0.655. The average molecular weight is 402 g/mol. The van der Waals surface area contributed by atoms with Gasteiger partial charge in [-0.1, -0.05) is 42.6 Å². The van der Waals surface area contributed by atoms with Gasteiger partial charge in [-0.2, -0.15) is 0 Å². The first-order chi connectivity index (χ1) is 13.2. The van der Waals surface area contributed by atoms with Gasteiger partial charge in [-0.3, -0.25) is 9.36 Å². The molecule has 0 radical (unpaired) electrons. The summed E-state index contributed by atoms with van der Waals surface area (Å²) in [6.45, 7) is 0. The minimum atomic E-state index is 0.0504. The summed E-state index contributed by atoms with van der Waals surface area (Å²) in [7, 11) is 0. The van der Waals surface area contributed by atoms with Gasteiger partial charge in [0.1, 0.15) is 0 Å². The highest BCUT2D eigenvalue weighted by molar-refractivity contribution is 7.99. The van der Waals surface area contributed by atoms with Crippen molar-refractivity contribution >= 4 is 29.1 Å². The molecular formula is C20H20ClN3O2S. The molecular weight excluding hydrogens is 382 g/mol. The van der Waals surface area contributed by atoms with Crippen molar-refractivity contribution in [2.75, 3.05) is 5.75 Å². The normalized spacial score (nSPS) is 15.1.